The van der Waals surface area contributed by atoms with Crippen LogP contribution >= 0.6 is 12.4 Å². The number of hydrogen-bond donors (Lipinski definition) is 2. The van der Waals surface area contributed by atoms with Gasteiger partial charge in [0, 0.05) is 18.7 Å². The fraction of sp³-hybridized carbons (Fsp3) is 0.500. The van der Waals surface area contributed by atoms with E-state index in [9.17, 15) is 9.18 Å². The number of carbonyl (C=O) groups excluding carboxylic acids is 1. The van der Waals surface area contributed by atoms with Crippen molar-refractivity contribution < 1.29 is 23.4 Å². The van der Waals surface area contributed by atoms with Crippen molar-refractivity contribution in [1.82, 2.24) is 0 Å². The van der Waals surface area contributed by atoms with Gasteiger partial charge in [0.05, 0.1) is 26.0 Å². The summed E-state index contributed by atoms with van der Waals surface area (Å²) in [7, 11) is 2.85. The number of anilines is 1. The van der Waals surface area contributed by atoms with Gasteiger partial charge in [0.15, 0.2) is 17.3 Å². The lowest BCUT2D eigenvalue weighted by Gasteiger charge is -2.15. The van der Waals surface area contributed by atoms with E-state index in [1.165, 1.54) is 20.3 Å². The molecular weight excluding hydrogens is 315 g/mol. The third-order valence-corrected chi connectivity index (χ3v) is 3.39. The molecule has 0 bridgehead atoms. The molecule has 1 amide bonds. The molecule has 8 heteroatoms. The maximum absolute atomic E-state index is 13.9. The van der Waals surface area contributed by atoms with E-state index in [0.717, 1.165) is 12.5 Å². The molecule has 0 aliphatic carbocycles. The summed E-state index contributed by atoms with van der Waals surface area (Å²) in [6.45, 7) is 0.370. The molecule has 3 N–H and O–H groups in total. The molecule has 1 fully saturated rings. The molecule has 6 nitrogen and oxygen atoms in total. The summed E-state index contributed by atoms with van der Waals surface area (Å²) in [6, 6.07) is 2.54. The van der Waals surface area contributed by atoms with Gasteiger partial charge in [-0.05, 0) is 12.8 Å². The van der Waals surface area contributed by atoms with Gasteiger partial charge in [-0.15, -0.1) is 12.4 Å². The molecule has 0 radical (unpaired) electrons. The average molecular weight is 335 g/mol. The normalized spacial score (nSPS) is 20.2. The third kappa shape index (κ3) is 4.00. The van der Waals surface area contributed by atoms with Crippen LogP contribution in [0.1, 0.15) is 12.8 Å². The minimum Gasteiger partial charge on any atom is -0.493 e. The SMILES string of the molecule is COc1cc(F)c(NC(=O)[C@@H]2CC[C@H](CN)O2)cc1OC.Cl. The van der Waals surface area contributed by atoms with Crippen molar-refractivity contribution in [2.24, 2.45) is 5.73 Å². The fourth-order valence-corrected chi connectivity index (χ4v) is 2.24. The predicted molar refractivity (Wildman–Crippen MR) is 82.3 cm³/mol. The van der Waals surface area contributed by atoms with Crippen molar-refractivity contribution in [3.8, 4) is 11.5 Å². The van der Waals surface area contributed by atoms with Gasteiger partial charge >= 0.3 is 0 Å². The van der Waals surface area contributed by atoms with E-state index in [1.807, 2.05) is 0 Å². The zero-order chi connectivity index (χ0) is 15.4. The highest BCUT2D eigenvalue weighted by Gasteiger charge is 2.30. The van der Waals surface area contributed by atoms with Crippen LogP contribution in [0.25, 0.3) is 0 Å². The van der Waals surface area contributed by atoms with Crippen molar-refractivity contribution in [1.29, 1.82) is 0 Å². The van der Waals surface area contributed by atoms with Crippen molar-refractivity contribution >= 4 is 24.0 Å². The Balaban J connectivity index is 0.00000242. The Morgan fingerprint density at radius 3 is 2.55 bits per heavy atom. The highest BCUT2D eigenvalue weighted by atomic mass is 35.5. The first-order valence-electron chi connectivity index (χ1n) is 6.67. The lowest BCUT2D eigenvalue weighted by molar-refractivity contribution is -0.126. The van der Waals surface area contributed by atoms with Gasteiger partial charge in [-0.2, -0.15) is 0 Å². The van der Waals surface area contributed by atoms with Crippen LogP contribution in [-0.4, -0.2) is 38.9 Å². The molecule has 1 aromatic carbocycles. The molecule has 1 aromatic rings. The molecule has 1 aliphatic rings. The van der Waals surface area contributed by atoms with Crippen LogP contribution in [0.2, 0.25) is 0 Å². The van der Waals surface area contributed by atoms with Crippen LogP contribution in [0.15, 0.2) is 12.1 Å². The van der Waals surface area contributed by atoms with Gasteiger partial charge in [0.25, 0.3) is 5.91 Å². The fourth-order valence-electron chi connectivity index (χ4n) is 2.24. The summed E-state index contributed by atoms with van der Waals surface area (Å²) in [4.78, 5) is 12.1. The Labute approximate surface area is 134 Å². The average Bonchev–Trinajstić information content (AvgIpc) is 2.97. The molecule has 0 spiro atoms. The molecule has 2 rings (SSSR count). The van der Waals surface area contributed by atoms with E-state index in [-0.39, 0.29) is 29.9 Å². The Morgan fingerprint density at radius 2 is 2.00 bits per heavy atom. The van der Waals surface area contributed by atoms with Gasteiger partial charge in [-0.1, -0.05) is 0 Å². The number of amides is 1. The van der Waals surface area contributed by atoms with Gasteiger partial charge in [-0.25, -0.2) is 4.39 Å². The molecule has 22 heavy (non-hydrogen) atoms. The summed E-state index contributed by atoms with van der Waals surface area (Å²) in [5.74, 6) is -0.402. The van der Waals surface area contributed by atoms with Gasteiger partial charge in [0.1, 0.15) is 6.10 Å². The topological polar surface area (TPSA) is 82.8 Å². The number of nitrogens with two attached hydrogens (primary N) is 1. The first kappa shape index (κ1) is 18.5. The van der Waals surface area contributed by atoms with Crippen LogP contribution in [0.4, 0.5) is 10.1 Å². The molecule has 0 unspecified atom stereocenters. The monoisotopic (exact) mass is 334 g/mol. The first-order chi connectivity index (χ1) is 10.1. The zero-order valence-electron chi connectivity index (χ0n) is 12.4. The lowest BCUT2D eigenvalue weighted by atomic mass is 10.2. The van der Waals surface area contributed by atoms with Crippen molar-refractivity contribution in [3.63, 3.8) is 0 Å². The molecule has 1 saturated heterocycles. The second-order valence-corrected chi connectivity index (χ2v) is 4.74. The van der Waals surface area contributed by atoms with Crippen LogP contribution in [0, 0.1) is 5.82 Å². The number of carbonyl (C=O) groups is 1. The second-order valence-electron chi connectivity index (χ2n) is 4.74. The number of hydrogen-bond acceptors (Lipinski definition) is 5. The van der Waals surface area contributed by atoms with E-state index in [4.69, 9.17) is 19.9 Å². The Bertz CT molecular complexity index is 530. The summed E-state index contributed by atoms with van der Waals surface area (Å²) >= 11 is 0. The largest absolute Gasteiger partial charge is 0.493 e. The molecule has 2 atom stereocenters. The molecule has 0 aromatic heterocycles. The van der Waals surface area contributed by atoms with E-state index in [1.54, 1.807) is 0 Å². The number of halogens is 2. The van der Waals surface area contributed by atoms with E-state index < -0.39 is 17.8 Å². The highest BCUT2D eigenvalue weighted by molar-refractivity contribution is 5.94. The van der Waals surface area contributed by atoms with Crippen LogP contribution < -0.4 is 20.5 Å². The minimum atomic E-state index is -0.606. The van der Waals surface area contributed by atoms with E-state index in [2.05, 4.69) is 5.32 Å². The molecule has 1 aliphatic heterocycles. The predicted octanol–water partition coefficient (Wildman–Crippen LogP) is 1.71. The number of nitrogens with one attached hydrogen (secondary N) is 1. The van der Waals surface area contributed by atoms with Crippen LogP contribution in [-0.2, 0) is 9.53 Å². The minimum absolute atomic E-state index is 0. The number of methoxy groups -OCH3 is 2. The zero-order valence-corrected chi connectivity index (χ0v) is 13.2. The number of benzene rings is 1. The maximum Gasteiger partial charge on any atom is 0.253 e. The summed E-state index contributed by atoms with van der Waals surface area (Å²) in [6.07, 6.45) is 0.577. The Hall–Kier alpha value is -1.57. The smallest absolute Gasteiger partial charge is 0.253 e. The van der Waals surface area contributed by atoms with Crippen molar-refractivity contribution in [2.45, 2.75) is 25.0 Å². The van der Waals surface area contributed by atoms with E-state index in [0.29, 0.717) is 18.7 Å². The lowest BCUT2D eigenvalue weighted by Crippen LogP contribution is -2.30. The third-order valence-electron chi connectivity index (χ3n) is 3.39. The standard InChI is InChI=1S/C14H19FN2O4.ClH/c1-19-12-5-9(15)10(6-13(12)20-2)17-14(18)11-4-3-8(7-16)21-11;/h5-6,8,11H,3-4,7,16H2,1-2H3,(H,17,18);1H/t8-,11+;/m1./s1. The Kier molecular flexibility index (Phi) is 6.86. The quantitative estimate of drug-likeness (QED) is 0.856. The number of rotatable bonds is 5. The summed E-state index contributed by atoms with van der Waals surface area (Å²) in [5, 5.41) is 2.51. The summed E-state index contributed by atoms with van der Waals surface area (Å²) in [5.41, 5.74) is 5.52. The van der Waals surface area contributed by atoms with Gasteiger partial charge in [-0.3, -0.25) is 4.79 Å². The molecule has 0 saturated carbocycles. The van der Waals surface area contributed by atoms with E-state index >= 15 is 0 Å². The van der Waals surface area contributed by atoms with Crippen molar-refractivity contribution in [2.75, 3.05) is 26.1 Å². The van der Waals surface area contributed by atoms with Crippen molar-refractivity contribution in [3.05, 3.63) is 17.9 Å². The Morgan fingerprint density at radius 1 is 1.36 bits per heavy atom. The van der Waals surface area contributed by atoms with Crippen LogP contribution in [0.5, 0.6) is 11.5 Å². The highest BCUT2D eigenvalue weighted by Crippen LogP contribution is 2.32. The van der Waals surface area contributed by atoms with Gasteiger partial charge < -0.3 is 25.3 Å². The molecular formula is C14H20ClFN2O4. The maximum atomic E-state index is 13.9. The summed E-state index contributed by atoms with van der Waals surface area (Å²) < 4.78 is 29.5. The molecule has 124 valence electrons. The molecule has 1 heterocycles. The first-order valence-corrected chi connectivity index (χ1v) is 6.67. The van der Waals surface area contributed by atoms with Gasteiger partial charge in [0.2, 0.25) is 0 Å². The van der Waals surface area contributed by atoms with Crippen LogP contribution in [0.3, 0.4) is 0 Å². The second kappa shape index (κ2) is 8.17. The number of ether oxygens (including phenoxy) is 3.